The summed E-state index contributed by atoms with van der Waals surface area (Å²) in [6, 6.07) is 9.17. The Balaban J connectivity index is 2.60. The molecule has 1 heterocycles. The van der Waals surface area contributed by atoms with Crippen molar-refractivity contribution in [2.45, 2.75) is 64.6 Å². The lowest BCUT2D eigenvalue weighted by atomic mass is 9.86. The molecule has 0 atom stereocenters. The number of anilines is 2. The van der Waals surface area contributed by atoms with Crippen molar-refractivity contribution in [2.75, 3.05) is 11.5 Å². The van der Waals surface area contributed by atoms with E-state index in [-0.39, 0.29) is 0 Å². The van der Waals surface area contributed by atoms with E-state index in [9.17, 15) is 10.2 Å². The standard InChI is InChI=1S/C21H31N3O2/c1-5-20(25,6-2)15-13-14(9-10-16(15)22)18-12-11-17(23)19(24-18)21(26,7-3)8-4/h9-13,25-26H,5-8,22-23H2,1-4H3. The number of hydrogen-bond donors (Lipinski definition) is 4. The van der Waals surface area contributed by atoms with Crippen LogP contribution in [0.2, 0.25) is 0 Å². The fourth-order valence-corrected chi connectivity index (χ4v) is 3.34. The van der Waals surface area contributed by atoms with Crippen molar-refractivity contribution in [1.29, 1.82) is 0 Å². The number of pyridine rings is 1. The quantitative estimate of drug-likeness (QED) is 0.562. The van der Waals surface area contributed by atoms with E-state index in [4.69, 9.17) is 11.5 Å². The first-order valence-electron chi connectivity index (χ1n) is 9.36. The van der Waals surface area contributed by atoms with Crippen LogP contribution in [0.1, 0.15) is 64.6 Å². The van der Waals surface area contributed by atoms with Gasteiger partial charge in [0.15, 0.2) is 0 Å². The number of aromatic nitrogens is 1. The normalized spacial score (nSPS) is 12.4. The van der Waals surface area contributed by atoms with Crippen LogP contribution >= 0.6 is 0 Å². The van der Waals surface area contributed by atoms with Gasteiger partial charge in [-0.3, -0.25) is 0 Å². The molecule has 0 radical (unpaired) electrons. The minimum Gasteiger partial charge on any atom is -0.398 e. The zero-order valence-electron chi connectivity index (χ0n) is 16.2. The minimum absolute atomic E-state index is 0.481. The number of nitrogen functional groups attached to an aromatic ring is 2. The van der Waals surface area contributed by atoms with Gasteiger partial charge in [0.1, 0.15) is 5.60 Å². The highest BCUT2D eigenvalue weighted by atomic mass is 16.3. The zero-order valence-corrected chi connectivity index (χ0v) is 16.2. The van der Waals surface area contributed by atoms with Crippen LogP contribution < -0.4 is 11.5 Å². The molecule has 0 saturated carbocycles. The van der Waals surface area contributed by atoms with Gasteiger partial charge in [0.25, 0.3) is 0 Å². The molecular formula is C21H31N3O2. The molecule has 1 aromatic carbocycles. The van der Waals surface area contributed by atoms with Gasteiger partial charge in [0.2, 0.25) is 0 Å². The Hall–Kier alpha value is -2.11. The van der Waals surface area contributed by atoms with Crippen molar-refractivity contribution < 1.29 is 10.2 Å². The molecule has 0 aliphatic rings. The SMILES string of the molecule is CCC(O)(CC)c1cc(-c2ccc(N)c(C(O)(CC)CC)n2)ccc1N. The number of hydrogen-bond acceptors (Lipinski definition) is 5. The predicted octanol–water partition coefficient (Wildman–Crippen LogP) is 3.93. The molecule has 2 aromatic rings. The molecule has 142 valence electrons. The summed E-state index contributed by atoms with van der Waals surface area (Å²) in [5.74, 6) is 0. The van der Waals surface area contributed by atoms with Gasteiger partial charge in [-0.05, 0) is 49.9 Å². The lowest BCUT2D eigenvalue weighted by Crippen LogP contribution is -2.27. The highest BCUT2D eigenvalue weighted by molar-refractivity contribution is 5.67. The minimum atomic E-state index is -1.05. The third-order valence-electron chi connectivity index (χ3n) is 5.56. The van der Waals surface area contributed by atoms with Crippen LogP contribution in [0.4, 0.5) is 11.4 Å². The van der Waals surface area contributed by atoms with Crippen molar-refractivity contribution in [3.8, 4) is 11.3 Å². The summed E-state index contributed by atoms with van der Waals surface area (Å²) in [5, 5.41) is 21.7. The summed E-state index contributed by atoms with van der Waals surface area (Å²) < 4.78 is 0. The van der Waals surface area contributed by atoms with Crippen LogP contribution in [-0.2, 0) is 11.2 Å². The van der Waals surface area contributed by atoms with Gasteiger partial charge in [0.05, 0.1) is 22.7 Å². The van der Waals surface area contributed by atoms with Crippen LogP contribution in [0.25, 0.3) is 11.3 Å². The van der Waals surface area contributed by atoms with Gasteiger partial charge >= 0.3 is 0 Å². The van der Waals surface area contributed by atoms with Crippen molar-refractivity contribution >= 4 is 11.4 Å². The van der Waals surface area contributed by atoms with Crippen LogP contribution in [0.5, 0.6) is 0 Å². The molecule has 2 rings (SSSR count). The van der Waals surface area contributed by atoms with Gasteiger partial charge in [-0.15, -0.1) is 0 Å². The summed E-state index contributed by atoms with van der Waals surface area (Å²) in [4.78, 5) is 4.66. The smallest absolute Gasteiger partial charge is 0.108 e. The van der Waals surface area contributed by atoms with Crippen molar-refractivity contribution in [3.63, 3.8) is 0 Å². The Morgan fingerprint density at radius 2 is 1.35 bits per heavy atom. The number of rotatable bonds is 7. The first-order chi connectivity index (χ1) is 12.2. The molecule has 0 bridgehead atoms. The maximum absolute atomic E-state index is 10.9. The number of aliphatic hydroxyl groups is 2. The summed E-state index contributed by atoms with van der Waals surface area (Å²) >= 11 is 0. The third-order valence-corrected chi connectivity index (χ3v) is 5.56. The number of nitrogens with zero attached hydrogens (tertiary/aromatic N) is 1. The van der Waals surface area contributed by atoms with Crippen molar-refractivity contribution in [1.82, 2.24) is 4.98 Å². The molecular weight excluding hydrogens is 326 g/mol. The molecule has 5 nitrogen and oxygen atoms in total. The van der Waals surface area contributed by atoms with Gasteiger partial charge < -0.3 is 21.7 Å². The average Bonchev–Trinajstić information content (AvgIpc) is 2.67. The van der Waals surface area contributed by atoms with Crippen molar-refractivity contribution in [2.24, 2.45) is 0 Å². The Bertz CT molecular complexity index is 700. The molecule has 6 N–H and O–H groups in total. The molecule has 5 heteroatoms. The van der Waals surface area contributed by atoms with Gasteiger partial charge in [0, 0.05) is 16.8 Å². The second kappa shape index (κ2) is 7.64. The molecule has 1 aromatic heterocycles. The first-order valence-corrected chi connectivity index (χ1v) is 9.36. The maximum Gasteiger partial charge on any atom is 0.108 e. The van der Waals surface area contributed by atoms with Crippen LogP contribution in [-0.4, -0.2) is 15.2 Å². The molecule has 0 unspecified atom stereocenters. The Morgan fingerprint density at radius 1 is 0.808 bits per heavy atom. The van der Waals surface area contributed by atoms with Crippen LogP contribution in [0.15, 0.2) is 30.3 Å². The summed E-state index contributed by atoms with van der Waals surface area (Å²) in [6.45, 7) is 7.72. The second-order valence-corrected chi connectivity index (χ2v) is 6.91. The molecule has 0 aliphatic heterocycles. The fourth-order valence-electron chi connectivity index (χ4n) is 3.34. The van der Waals surface area contributed by atoms with E-state index in [1.165, 1.54) is 0 Å². The lowest BCUT2D eigenvalue weighted by molar-refractivity contribution is 0.0249. The third kappa shape index (κ3) is 3.55. The second-order valence-electron chi connectivity index (χ2n) is 6.91. The molecule has 0 fully saturated rings. The first kappa shape index (κ1) is 20.2. The van der Waals surface area contributed by atoms with E-state index in [0.717, 1.165) is 5.56 Å². The van der Waals surface area contributed by atoms with Crippen molar-refractivity contribution in [3.05, 3.63) is 41.6 Å². The molecule has 0 spiro atoms. The summed E-state index contributed by atoms with van der Waals surface area (Å²) in [6.07, 6.45) is 2.21. The largest absolute Gasteiger partial charge is 0.398 e. The monoisotopic (exact) mass is 357 g/mol. The van der Waals surface area contributed by atoms with E-state index in [0.29, 0.717) is 54.0 Å². The van der Waals surface area contributed by atoms with E-state index < -0.39 is 11.2 Å². The number of nitrogens with two attached hydrogens (primary N) is 2. The summed E-state index contributed by atoms with van der Waals surface area (Å²) in [5.41, 5.74) is 14.0. The van der Waals surface area contributed by atoms with E-state index >= 15 is 0 Å². The predicted molar refractivity (Wildman–Crippen MR) is 107 cm³/mol. The topological polar surface area (TPSA) is 105 Å². The maximum atomic E-state index is 10.9. The highest BCUT2D eigenvalue weighted by Gasteiger charge is 2.30. The van der Waals surface area contributed by atoms with E-state index in [2.05, 4.69) is 4.98 Å². The molecule has 0 amide bonds. The van der Waals surface area contributed by atoms with E-state index in [1.54, 1.807) is 12.1 Å². The summed E-state index contributed by atoms with van der Waals surface area (Å²) in [7, 11) is 0. The lowest BCUT2D eigenvalue weighted by Gasteiger charge is -2.28. The average molecular weight is 357 g/mol. The Kier molecular flexibility index (Phi) is 5.94. The molecule has 0 saturated heterocycles. The van der Waals surface area contributed by atoms with Crippen LogP contribution in [0.3, 0.4) is 0 Å². The van der Waals surface area contributed by atoms with Gasteiger partial charge in [-0.2, -0.15) is 0 Å². The van der Waals surface area contributed by atoms with Gasteiger partial charge in [-0.1, -0.05) is 33.8 Å². The fraction of sp³-hybridized carbons (Fsp3) is 0.476. The molecule has 0 aliphatic carbocycles. The van der Waals surface area contributed by atoms with Crippen LogP contribution in [0, 0.1) is 0 Å². The molecule has 26 heavy (non-hydrogen) atoms. The number of benzene rings is 1. The Labute approximate surface area is 156 Å². The highest BCUT2D eigenvalue weighted by Crippen LogP contribution is 2.37. The Morgan fingerprint density at radius 3 is 1.88 bits per heavy atom. The van der Waals surface area contributed by atoms with Gasteiger partial charge in [-0.25, -0.2) is 4.98 Å². The van der Waals surface area contributed by atoms with E-state index in [1.807, 2.05) is 45.9 Å². The zero-order chi connectivity index (χ0) is 19.5.